The van der Waals surface area contributed by atoms with Gasteiger partial charge in [0, 0.05) is 25.2 Å². The molecular formula is C16H18FNO2S. The van der Waals surface area contributed by atoms with Crippen molar-refractivity contribution in [3.8, 4) is 0 Å². The third-order valence-electron chi connectivity index (χ3n) is 3.76. The van der Waals surface area contributed by atoms with Crippen LogP contribution in [0.4, 0.5) is 4.39 Å². The smallest absolute Gasteiger partial charge is 0.129 e. The van der Waals surface area contributed by atoms with Crippen molar-refractivity contribution in [1.82, 2.24) is 4.90 Å². The molecule has 2 aromatic rings. The van der Waals surface area contributed by atoms with Crippen LogP contribution in [-0.2, 0) is 4.74 Å². The van der Waals surface area contributed by atoms with Crippen molar-refractivity contribution in [3.63, 3.8) is 0 Å². The summed E-state index contributed by atoms with van der Waals surface area (Å²) in [6.45, 7) is 2.53. The number of hydrogen-bond acceptors (Lipinski definition) is 4. The van der Waals surface area contributed by atoms with Crippen LogP contribution in [-0.4, -0.2) is 36.2 Å². The molecule has 1 aliphatic rings. The zero-order chi connectivity index (χ0) is 14.7. The summed E-state index contributed by atoms with van der Waals surface area (Å²) >= 11 is 1.65. The molecule has 112 valence electrons. The molecule has 2 unspecified atom stereocenters. The predicted octanol–water partition coefficient (Wildman–Crippen LogP) is 2.99. The molecule has 0 aliphatic carbocycles. The Kier molecular flexibility index (Phi) is 4.65. The molecule has 3 nitrogen and oxygen atoms in total. The Bertz CT molecular complexity index is 575. The maximum atomic E-state index is 13.7. The fraction of sp³-hybridized carbons (Fsp3) is 0.375. The first-order valence-corrected chi connectivity index (χ1v) is 7.97. The molecule has 0 saturated carbocycles. The van der Waals surface area contributed by atoms with Crippen LogP contribution in [0.3, 0.4) is 0 Å². The van der Waals surface area contributed by atoms with Gasteiger partial charge in [0.2, 0.25) is 0 Å². The van der Waals surface area contributed by atoms with Gasteiger partial charge in [-0.3, -0.25) is 4.90 Å². The fourth-order valence-electron chi connectivity index (χ4n) is 2.62. The first kappa shape index (κ1) is 14.7. The van der Waals surface area contributed by atoms with Crippen LogP contribution in [0.5, 0.6) is 0 Å². The largest absolute Gasteiger partial charge is 0.387 e. The van der Waals surface area contributed by atoms with E-state index in [0.29, 0.717) is 18.7 Å². The predicted molar refractivity (Wildman–Crippen MR) is 80.8 cm³/mol. The summed E-state index contributed by atoms with van der Waals surface area (Å²) < 4.78 is 19.5. The molecule has 0 radical (unpaired) electrons. The van der Waals surface area contributed by atoms with E-state index >= 15 is 0 Å². The monoisotopic (exact) mass is 307 g/mol. The highest BCUT2D eigenvalue weighted by Gasteiger charge is 2.24. The van der Waals surface area contributed by atoms with Gasteiger partial charge in [-0.15, -0.1) is 0 Å². The summed E-state index contributed by atoms with van der Waals surface area (Å²) in [5.74, 6) is -0.354. The van der Waals surface area contributed by atoms with Crippen molar-refractivity contribution < 1.29 is 14.2 Å². The summed E-state index contributed by atoms with van der Waals surface area (Å²) in [7, 11) is 0. The van der Waals surface area contributed by atoms with Gasteiger partial charge < -0.3 is 9.84 Å². The van der Waals surface area contributed by atoms with Crippen molar-refractivity contribution in [3.05, 3.63) is 58.0 Å². The highest BCUT2D eigenvalue weighted by molar-refractivity contribution is 7.07. The molecule has 1 aromatic carbocycles. The topological polar surface area (TPSA) is 32.7 Å². The van der Waals surface area contributed by atoms with Crippen LogP contribution in [0.2, 0.25) is 0 Å². The van der Waals surface area contributed by atoms with E-state index in [1.807, 2.05) is 5.38 Å². The van der Waals surface area contributed by atoms with Crippen LogP contribution in [0, 0.1) is 5.82 Å². The summed E-state index contributed by atoms with van der Waals surface area (Å²) in [6, 6.07) is 8.46. The number of morpholine rings is 1. The number of halogens is 1. The Hall–Kier alpha value is -1.27. The quantitative estimate of drug-likeness (QED) is 0.942. The first-order chi connectivity index (χ1) is 10.2. The lowest BCUT2D eigenvalue weighted by atomic mass is 10.1. The highest BCUT2D eigenvalue weighted by Crippen LogP contribution is 2.26. The second-order valence-electron chi connectivity index (χ2n) is 5.21. The number of nitrogens with zero attached hydrogens (tertiary/aromatic N) is 1. The van der Waals surface area contributed by atoms with Crippen LogP contribution in [0.1, 0.15) is 23.3 Å². The van der Waals surface area contributed by atoms with Gasteiger partial charge in [0.15, 0.2) is 0 Å². The third kappa shape index (κ3) is 3.49. The number of benzene rings is 1. The van der Waals surface area contributed by atoms with Gasteiger partial charge in [0.05, 0.1) is 18.8 Å². The first-order valence-electron chi connectivity index (χ1n) is 7.02. The van der Waals surface area contributed by atoms with Crippen LogP contribution in [0.15, 0.2) is 41.1 Å². The second kappa shape index (κ2) is 6.66. The Morgan fingerprint density at radius 2 is 2.24 bits per heavy atom. The minimum Gasteiger partial charge on any atom is -0.387 e. The summed E-state index contributed by atoms with van der Waals surface area (Å²) in [6.07, 6.45) is -0.773. The van der Waals surface area contributed by atoms with E-state index in [4.69, 9.17) is 4.74 Å². The summed E-state index contributed by atoms with van der Waals surface area (Å²) in [5.41, 5.74) is 1.53. The van der Waals surface area contributed by atoms with Crippen molar-refractivity contribution in [2.45, 2.75) is 12.2 Å². The number of hydrogen-bond donors (Lipinski definition) is 1. The minimum absolute atomic E-state index is 0.0396. The Morgan fingerprint density at radius 1 is 1.38 bits per heavy atom. The van der Waals surface area contributed by atoms with Crippen LogP contribution >= 0.6 is 11.3 Å². The molecule has 1 fully saturated rings. The van der Waals surface area contributed by atoms with Gasteiger partial charge in [0.25, 0.3) is 0 Å². The standard InChI is InChI=1S/C16H18FNO2S/c17-14-4-2-1-3-13(14)15(19)9-18-6-7-20-16(10-18)12-5-8-21-11-12/h1-5,8,11,15-16,19H,6-7,9-10H2. The van der Waals surface area contributed by atoms with Gasteiger partial charge >= 0.3 is 0 Å². The van der Waals surface area contributed by atoms with E-state index in [-0.39, 0.29) is 11.9 Å². The Morgan fingerprint density at radius 3 is 3.00 bits per heavy atom. The summed E-state index contributed by atoms with van der Waals surface area (Å²) in [5, 5.41) is 14.4. The molecule has 5 heteroatoms. The molecule has 0 amide bonds. The number of β-amino-alcohol motifs (C(OH)–C–C–N with tert-alkyl or cyclic N) is 1. The average molecular weight is 307 g/mol. The number of rotatable bonds is 4. The van der Waals surface area contributed by atoms with Crippen molar-refractivity contribution in [2.75, 3.05) is 26.2 Å². The lowest BCUT2D eigenvalue weighted by molar-refractivity contribution is -0.0425. The molecule has 0 bridgehead atoms. The molecule has 2 heterocycles. The molecule has 21 heavy (non-hydrogen) atoms. The Balaban J connectivity index is 1.63. The molecule has 3 rings (SSSR count). The van der Waals surface area contributed by atoms with E-state index < -0.39 is 6.10 Å². The molecule has 1 N–H and O–H groups in total. The van der Waals surface area contributed by atoms with Gasteiger partial charge in [-0.25, -0.2) is 4.39 Å². The van der Waals surface area contributed by atoms with E-state index in [9.17, 15) is 9.50 Å². The maximum Gasteiger partial charge on any atom is 0.129 e. The van der Waals surface area contributed by atoms with E-state index in [1.165, 1.54) is 11.6 Å². The van der Waals surface area contributed by atoms with E-state index in [2.05, 4.69) is 16.3 Å². The number of thiophene rings is 1. The molecule has 1 saturated heterocycles. The molecular weight excluding hydrogens is 289 g/mol. The lowest BCUT2D eigenvalue weighted by Gasteiger charge is -2.34. The maximum absolute atomic E-state index is 13.7. The second-order valence-corrected chi connectivity index (χ2v) is 5.99. The van der Waals surface area contributed by atoms with Gasteiger partial charge in [-0.1, -0.05) is 18.2 Å². The van der Waals surface area contributed by atoms with E-state index in [1.54, 1.807) is 29.5 Å². The SMILES string of the molecule is OC(CN1CCOC(c2ccsc2)C1)c1ccccc1F. The average Bonchev–Trinajstić information content (AvgIpc) is 3.02. The van der Waals surface area contributed by atoms with Gasteiger partial charge in [-0.05, 0) is 28.5 Å². The Labute approximate surface area is 127 Å². The summed E-state index contributed by atoms with van der Waals surface area (Å²) in [4.78, 5) is 2.13. The van der Waals surface area contributed by atoms with Crippen LogP contribution in [0.25, 0.3) is 0 Å². The molecule has 1 aliphatic heterocycles. The third-order valence-corrected chi connectivity index (χ3v) is 4.46. The van der Waals surface area contributed by atoms with Crippen molar-refractivity contribution >= 4 is 11.3 Å². The number of ether oxygens (including phenoxy) is 1. The number of aliphatic hydroxyl groups excluding tert-OH is 1. The molecule has 2 atom stereocenters. The van der Waals surface area contributed by atoms with Crippen LogP contribution < -0.4 is 0 Å². The lowest BCUT2D eigenvalue weighted by Crippen LogP contribution is -2.40. The highest BCUT2D eigenvalue weighted by atomic mass is 32.1. The zero-order valence-corrected chi connectivity index (χ0v) is 12.4. The molecule has 1 aromatic heterocycles. The van der Waals surface area contributed by atoms with Crippen molar-refractivity contribution in [1.29, 1.82) is 0 Å². The van der Waals surface area contributed by atoms with Gasteiger partial charge in [0.1, 0.15) is 5.82 Å². The minimum atomic E-state index is -0.813. The fourth-order valence-corrected chi connectivity index (χ4v) is 3.32. The molecule has 0 spiro atoms. The number of aliphatic hydroxyl groups is 1. The van der Waals surface area contributed by atoms with Crippen molar-refractivity contribution in [2.24, 2.45) is 0 Å². The normalized spacial score (nSPS) is 21.3. The van der Waals surface area contributed by atoms with E-state index in [0.717, 1.165) is 13.1 Å². The zero-order valence-electron chi connectivity index (χ0n) is 11.6. The van der Waals surface area contributed by atoms with Gasteiger partial charge in [-0.2, -0.15) is 11.3 Å².